The quantitative estimate of drug-likeness (QED) is 0.723. The van der Waals surface area contributed by atoms with Gasteiger partial charge in [0.15, 0.2) is 5.69 Å². The van der Waals surface area contributed by atoms with Gasteiger partial charge in [0.05, 0.1) is 6.33 Å². The van der Waals surface area contributed by atoms with Crippen molar-refractivity contribution in [3.63, 3.8) is 0 Å². The molecule has 21 heavy (non-hydrogen) atoms. The van der Waals surface area contributed by atoms with E-state index in [9.17, 15) is 9.59 Å². The van der Waals surface area contributed by atoms with Crippen molar-refractivity contribution in [3.8, 4) is 0 Å². The van der Waals surface area contributed by atoms with Crippen molar-refractivity contribution in [2.45, 2.75) is 6.92 Å². The van der Waals surface area contributed by atoms with E-state index in [-0.39, 0.29) is 11.4 Å². The Kier molecular flexibility index (Phi) is 3.02. The Morgan fingerprint density at radius 3 is 2.52 bits per heavy atom. The maximum Gasteiger partial charge on any atom is 0.354 e. The molecular weight excluding hydrogens is 268 g/mol. The molecule has 0 aliphatic rings. The fourth-order valence-electron chi connectivity index (χ4n) is 2.40. The van der Waals surface area contributed by atoms with Crippen molar-refractivity contribution in [1.82, 2.24) is 9.97 Å². The molecule has 2 aromatic carbocycles. The van der Waals surface area contributed by atoms with Crippen molar-refractivity contribution in [1.29, 1.82) is 0 Å². The monoisotopic (exact) mass is 280 g/mol. The minimum atomic E-state index is -1.20. The third kappa shape index (κ3) is 2.08. The first-order valence-electron chi connectivity index (χ1n) is 6.39. The Morgan fingerprint density at radius 1 is 1.10 bits per heavy atom. The van der Waals surface area contributed by atoms with Gasteiger partial charge in [0.1, 0.15) is 5.69 Å². The molecule has 1 heterocycles. The van der Waals surface area contributed by atoms with E-state index in [1.54, 1.807) is 6.07 Å². The second-order valence-corrected chi connectivity index (χ2v) is 4.74. The van der Waals surface area contributed by atoms with Crippen molar-refractivity contribution in [2.75, 3.05) is 0 Å². The third-order valence-corrected chi connectivity index (χ3v) is 3.45. The molecule has 1 aromatic heterocycles. The summed E-state index contributed by atoms with van der Waals surface area (Å²) in [6.45, 7) is 1.97. The number of carbonyl (C=O) groups is 2. The number of benzene rings is 2. The fourth-order valence-corrected chi connectivity index (χ4v) is 2.40. The number of rotatable bonds is 3. The first kappa shape index (κ1) is 13.1. The van der Waals surface area contributed by atoms with Gasteiger partial charge in [-0.05, 0) is 23.3 Å². The van der Waals surface area contributed by atoms with Crippen LogP contribution in [0.4, 0.5) is 0 Å². The zero-order chi connectivity index (χ0) is 15.0. The van der Waals surface area contributed by atoms with Crippen molar-refractivity contribution >= 4 is 22.5 Å². The number of carboxylic acid groups (broad SMARTS) is 1. The van der Waals surface area contributed by atoms with Gasteiger partial charge in [0.25, 0.3) is 0 Å². The number of carbonyl (C=O) groups excluding carboxylic acids is 1. The summed E-state index contributed by atoms with van der Waals surface area (Å²) in [5.41, 5.74) is 1.24. The van der Waals surface area contributed by atoms with E-state index in [0.29, 0.717) is 5.56 Å². The van der Waals surface area contributed by atoms with Crippen LogP contribution in [-0.2, 0) is 0 Å². The van der Waals surface area contributed by atoms with E-state index in [0.717, 1.165) is 16.3 Å². The lowest BCUT2D eigenvalue weighted by molar-refractivity contribution is 0.0687. The van der Waals surface area contributed by atoms with Crippen LogP contribution in [0.1, 0.15) is 32.1 Å². The topological polar surface area (TPSA) is 83.0 Å². The summed E-state index contributed by atoms with van der Waals surface area (Å²) in [6.07, 6.45) is 1.22. The zero-order valence-corrected chi connectivity index (χ0v) is 11.3. The van der Waals surface area contributed by atoms with Gasteiger partial charge in [-0.1, -0.05) is 36.4 Å². The molecule has 0 radical (unpaired) electrons. The second-order valence-electron chi connectivity index (χ2n) is 4.74. The van der Waals surface area contributed by atoms with Gasteiger partial charge in [-0.2, -0.15) is 0 Å². The maximum atomic E-state index is 12.6. The summed E-state index contributed by atoms with van der Waals surface area (Å²) in [6, 6.07) is 11.1. The first-order chi connectivity index (χ1) is 10.1. The zero-order valence-electron chi connectivity index (χ0n) is 11.3. The number of carboxylic acids is 1. The predicted molar refractivity (Wildman–Crippen MR) is 77.7 cm³/mol. The second kappa shape index (κ2) is 4.86. The molecule has 0 spiro atoms. The third-order valence-electron chi connectivity index (χ3n) is 3.45. The molecule has 0 unspecified atom stereocenters. The number of fused-ring (bicyclic) bond motifs is 1. The SMILES string of the molecule is Cc1ccc(C(=O)c2nc[nH]c2C(=O)O)c2ccccc12. The summed E-state index contributed by atoms with van der Waals surface area (Å²) in [7, 11) is 0. The van der Waals surface area contributed by atoms with Crippen LogP contribution in [0.2, 0.25) is 0 Å². The molecule has 0 aliphatic heterocycles. The maximum absolute atomic E-state index is 12.6. The van der Waals surface area contributed by atoms with E-state index in [4.69, 9.17) is 5.11 Å². The summed E-state index contributed by atoms with van der Waals surface area (Å²) in [4.78, 5) is 30.1. The number of aromatic carboxylic acids is 1. The van der Waals surface area contributed by atoms with E-state index in [1.165, 1.54) is 6.33 Å². The molecule has 0 saturated carbocycles. The number of imidazole rings is 1. The number of aryl methyl sites for hydroxylation is 1. The van der Waals surface area contributed by atoms with Crippen LogP contribution in [0.15, 0.2) is 42.7 Å². The molecule has 0 atom stereocenters. The first-order valence-corrected chi connectivity index (χ1v) is 6.39. The van der Waals surface area contributed by atoms with Gasteiger partial charge in [-0.25, -0.2) is 9.78 Å². The number of aromatic nitrogens is 2. The van der Waals surface area contributed by atoms with Gasteiger partial charge in [-0.3, -0.25) is 4.79 Å². The lowest BCUT2D eigenvalue weighted by Gasteiger charge is -2.07. The number of hydrogen-bond donors (Lipinski definition) is 2. The summed E-state index contributed by atoms with van der Waals surface area (Å²) >= 11 is 0. The van der Waals surface area contributed by atoms with Crippen molar-refractivity contribution in [3.05, 3.63) is 65.2 Å². The van der Waals surface area contributed by atoms with Crippen molar-refractivity contribution < 1.29 is 14.7 Å². The Labute approximate surface area is 120 Å². The number of ketones is 1. The number of hydrogen-bond acceptors (Lipinski definition) is 3. The van der Waals surface area contributed by atoms with Crippen LogP contribution in [-0.4, -0.2) is 26.8 Å². The minimum absolute atomic E-state index is 0.0727. The number of H-pyrrole nitrogens is 1. The fraction of sp³-hybridized carbons (Fsp3) is 0.0625. The van der Waals surface area contributed by atoms with Gasteiger partial charge in [0.2, 0.25) is 5.78 Å². The van der Waals surface area contributed by atoms with Gasteiger partial charge < -0.3 is 10.1 Å². The van der Waals surface area contributed by atoms with Crippen LogP contribution >= 0.6 is 0 Å². The number of nitrogens with zero attached hydrogens (tertiary/aromatic N) is 1. The molecule has 0 amide bonds. The van der Waals surface area contributed by atoms with Crippen LogP contribution < -0.4 is 0 Å². The lowest BCUT2D eigenvalue weighted by Crippen LogP contribution is -2.10. The molecule has 5 heteroatoms. The molecule has 5 nitrogen and oxygen atoms in total. The standard InChI is InChI=1S/C16H12N2O3/c1-9-6-7-12(11-5-3-2-4-10(9)11)15(19)13-14(16(20)21)18-8-17-13/h2-8H,1H3,(H,17,18)(H,20,21). The number of nitrogens with one attached hydrogen (secondary N) is 1. The van der Waals surface area contributed by atoms with Gasteiger partial charge in [-0.15, -0.1) is 0 Å². The highest BCUT2D eigenvalue weighted by Gasteiger charge is 2.22. The van der Waals surface area contributed by atoms with Crippen molar-refractivity contribution in [2.24, 2.45) is 0 Å². The Hall–Kier alpha value is -2.95. The van der Waals surface area contributed by atoms with Crippen LogP contribution in [0.5, 0.6) is 0 Å². The summed E-state index contributed by atoms with van der Waals surface area (Å²) in [5.74, 6) is -1.60. The van der Waals surface area contributed by atoms with Gasteiger partial charge in [0, 0.05) is 5.56 Å². The Balaban J connectivity index is 2.21. The average Bonchev–Trinajstić information content (AvgIpc) is 2.97. The summed E-state index contributed by atoms with van der Waals surface area (Å²) < 4.78 is 0. The molecule has 104 valence electrons. The molecule has 3 aromatic rings. The molecule has 2 N–H and O–H groups in total. The lowest BCUT2D eigenvalue weighted by atomic mass is 9.96. The smallest absolute Gasteiger partial charge is 0.354 e. The highest BCUT2D eigenvalue weighted by molar-refractivity contribution is 6.18. The molecule has 0 aliphatic carbocycles. The van der Waals surface area contributed by atoms with Crippen LogP contribution in [0, 0.1) is 6.92 Å². The highest BCUT2D eigenvalue weighted by atomic mass is 16.4. The van der Waals surface area contributed by atoms with E-state index >= 15 is 0 Å². The minimum Gasteiger partial charge on any atom is -0.477 e. The Bertz CT molecular complexity index is 865. The predicted octanol–water partition coefficient (Wildman–Crippen LogP) is 2.80. The largest absolute Gasteiger partial charge is 0.477 e. The van der Waals surface area contributed by atoms with Gasteiger partial charge >= 0.3 is 5.97 Å². The molecule has 0 saturated heterocycles. The van der Waals surface area contributed by atoms with Crippen LogP contribution in [0.25, 0.3) is 10.8 Å². The van der Waals surface area contributed by atoms with E-state index < -0.39 is 11.8 Å². The molecule has 0 fully saturated rings. The van der Waals surface area contributed by atoms with Crippen LogP contribution in [0.3, 0.4) is 0 Å². The normalized spacial score (nSPS) is 10.7. The average molecular weight is 280 g/mol. The molecule has 3 rings (SSSR count). The summed E-state index contributed by atoms with van der Waals surface area (Å²) in [5, 5.41) is 10.8. The number of aromatic amines is 1. The highest BCUT2D eigenvalue weighted by Crippen LogP contribution is 2.24. The Morgan fingerprint density at radius 2 is 1.81 bits per heavy atom. The molecule has 0 bridgehead atoms. The van der Waals surface area contributed by atoms with E-state index in [1.807, 2.05) is 37.3 Å². The molecular formula is C16H12N2O3. The van der Waals surface area contributed by atoms with E-state index in [2.05, 4.69) is 9.97 Å².